The van der Waals surface area contributed by atoms with Crippen molar-refractivity contribution < 1.29 is 17.4 Å². The van der Waals surface area contributed by atoms with Crippen molar-refractivity contribution in [3.63, 3.8) is 0 Å². The van der Waals surface area contributed by atoms with E-state index in [1.165, 1.54) is 84.0 Å². The highest BCUT2D eigenvalue weighted by Gasteiger charge is 2.23. The van der Waals surface area contributed by atoms with Gasteiger partial charge in [-0.15, -0.1) is 0 Å². The van der Waals surface area contributed by atoms with Crippen molar-refractivity contribution in [1.82, 2.24) is 0 Å². The second-order valence-corrected chi connectivity index (χ2v) is 9.65. The number of nitrogens with two attached hydrogens (primary N) is 1. The summed E-state index contributed by atoms with van der Waals surface area (Å²) in [6.07, 6.45) is 19.0. The molecular formula is C21H43NO4S. The monoisotopic (exact) mass is 405 g/mol. The Morgan fingerprint density at radius 1 is 0.778 bits per heavy atom. The molecule has 0 aromatic rings. The Labute approximate surface area is 167 Å². The quantitative estimate of drug-likeness (QED) is 0.227. The predicted molar refractivity (Wildman–Crippen MR) is 113 cm³/mol. The molecule has 2 N–H and O–H groups in total. The van der Waals surface area contributed by atoms with Gasteiger partial charge in [-0.25, -0.2) is 0 Å². The first-order valence-corrected chi connectivity index (χ1v) is 12.6. The van der Waals surface area contributed by atoms with E-state index in [2.05, 4.69) is 11.1 Å². The standard InChI is InChI=1S/C21H43NO4S/c1-3-4-5-6-7-8-9-10-11-12-13-14-15-16-17-18-21(23)26-27(24,25)20(2)19-22/h20H,3-19,22H2,1-2H3. The lowest BCUT2D eigenvalue weighted by atomic mass is 10.0. The molecule has 0 saturated carbocycles. The van der Waals surface area contributed by atoms with Crippen LogP contribution in [-0.4, -0.2) is 26.2 Å². The molecule has 0 aromatic carbocycles. The van der Waals surface area contributed by atoms with Gasteiger partial charge in [0.1, 0.15) is 5.25 Å². The average molecular weight is 406 g/mol. The molecule has 0 radical (unpaired) electrons. The van der Waals surface area contributed by atoms with Crippen molar-refractivity contribution in [2.75, 3.05) is 6.54 Å². The Morgan fingerprint density at radius 3 is 1.52 bits per heavy atom. The van der Waals surface area contributed by atoms with E-state index >= 15 is 0 Å². The van der Waals surface area contributed by atoms with Gasteiger partial charge in [-0.3, -0.25) is 4.79 Å². The van der Waals surface area contributed by atoms with Crippen LogP contribution in [0.25, 0.3) is 0 Å². The van der Waals surface area contributed by atoms with E-state index in [0.717, 1.165) is 12.8 Å². The third-order valence-electron chi connectivity index (χ3n) is 5.02. The topological polar surface area (TPSA) is 86.5 Å². The van der Waals surface area contributed by atoms with E-state index in [-0.39, 0.29) is 13.0 Å². The first kappa shape index (κ1) is 26.4. The van der Waals surface area contributed by atoms with Gasteiger partial charge in [-0.05, 0) is 13.3 Å². The maximum atomic E-state index is 11.6. The molecule has 0 rings (SSSR count). The molecule has 0 fully saturated rings. The third kappa shape index (κ3) is 16.1. The van der Waals surface area contributed by atoms with Crippen LogP contribution in [0, 0.1) is 0 Å². The second kappa shape index (κ2) is 17.5. The van der Waals surface area contributed by atoms with Crippen LogP contribution < -0.4 is 5.73 Å². The van der Waals surface area contributed by atoms with Gasteiger partial charge >= 0.3 is 16.1 Å². The smallest absolute Gasteiger partial charge is 0.322 e. The van der Waals surface area contributed by atoms with Gasteiger partial charge in [0.2, 0.25) is 0 Å². The minimum absolute atomic E-state index is 0.0471. The molecular weight excluding hydrogens is 362 g/mol. The minimum Gasteiger partial charge on any atom is -0.345 e. The van der Waals surface area contributed by atoms with Crippen molar-refractivity contribution >= 4 is 16.1 Å². The summed E-state index contributed by atoms with van der Waals surface area (Å²) in [5.41, 5.74) is 5.30. The van der Waals surface area contributed by atoms with Crippen LogP contribution in [0.3, 0.4) is 0 Å². The fraction of sp³-hybridized carbons (Fsp3) is 0.952. The number of rotatable bonds is 19. The molecule has 0 amide bonds. The van der Waals surface area contributed by atoms with Gasteiger partial charge in [0.05, 0.1) is 0 Å². The first-order chi connectivity index (χ1) is 12.9. The van der Waals surface area contributed by atoms with Gasteiger partial charge in [0.25, 0.3) is 0 Å². The maximum Gasteiger partial charge on any atom is 0.322 e. The molecule has 0 spiro atoms. The maximum absolute atomic E-state index is 11.6. The van der Waals surface area contributed by atoms with Crippen molar-refractivity contribution in [1.29, 1.82) is 0 Å². The lowest BCUT2D eigenvalue weighted by Gasteiger charge is -2.10. The molecule has 27 heavy (non-hydrogen) atoms. The second-order valence-electron chi connectivity index (χ2n) is 7.69. The Morgan fingerprint density at radius 2 is 1.15 bits per heavy atom. The lowest BCUT2D eigenvalue weighted by molar-refractivity contribution is -0.134. The fourth-order valence-electron chi connectivity index (χ4n) is 3.01. The molecule has 162 valence electrons. The van der Waals surface area contributed by atoms with Gasteiger partial charge in [-0.2, -0.15) is 8.42 Å². The number of unbranched alkanes of at least 4 members (excludes halogenated alkanes) is 14. The van der Waals surface area contributed by atoms with E-state index in [9.17, 15) is 13.2 Å². The van der Waals surface area contributed by atoms with E-state index in [1.54, 1.807) is 0 Å². The van der Waals surface area contributed by atoms with Crippen LogP contribution in [0.5, 0.6) is 0 Å². The summed E-state index contributed by atoms with van der Waals surface area (Å²) < 4.78 is 27.8. The molecule has 0 aliphatic carbocycles. The van der Waals surface area contributed by atoms with E-state index < -0.39 is 21.3 Å². The highest BCUT2D eigenvalue weighted by molar-refractivity contribution is 7.87. The fourth-order valence-corrected chi connectivity index (χ4v) is 3.75. The summed E-state index contributed by atoms with van der Waals surface area (Å²) >= 11 is 0. The summed E-state index contributed by atoms with van der Waals surface area (Å²) in [5, 5.41) is -0.845. The van der Waals surface area contributed by atoms with E-state index in [4.69, 9.17) is 5.73 Å². The zero-order valence-electron chi connectivity index (χ0n) is 17.7. The largest absolute Gasteiger partial charge is 0.345 e. The number of carbonyl (C=O) groups is 1. The molecule has 0 saturated heterocycles. The molecule has 6 heteroatoms. The van der Waals surface area contributed by atoms with Gasteiger partial charge in [0.15, 0.2) is 0 Å². The van der Waals surface area contributed by atoms with Gasteiger partial charge in [0, 0.05) is 13.0 Å². The number of hydrogen-bond donors (Lipinski definition) is 1. The number of hydrogen-bond acceptors (Lipinski definition) is 5. The molecule has 1 atom stereocenters. The highest BCUT2D eigenvalue weighted by atomic mass is 32.2. The zero-order chi connectivity index (χ0) is 20.4. The molecule has 5 nitrogen and oxygen atoms in total. The SMILES string of the molecule is CCCCCCCCCCCCCCCCCC(=O)OS(=O)(=O)C(C)CN. The number of carbonyl (C=O) groups excluding carboxylic acids is 1. The van der Waals surface area contributed by atoms with Crippen molar-refractivity contribution in [2.24, 2.45) is 5.73 Å². The normalized spacial score (nSPS) is 12.9. The minimum atomic E-state index is -3.85. The van der Waals surface area contributed by atoms with E-state index in [1.807, 2.05) is 0 Å². The molecule has 0 bridgehead atoms. The van der Waals surface area contributed by atoms with Crippen LogP contribution in [0.4, 0.5) is 0 Å². The average Bonchev–Trinajstić information content (AvgIpc) is 2.63. The lowest BCUT2D eigenvalue weighted by Crippen LogP contribution is -2.30. The van der Waals surface area contributed by atoms with Crippen molar-refractivity contribution in [3.8, 4) is 0 Å². The van der Waals surface area contributed by atoms with Crippen LogP contribution in [0.2, 0.25) is 0 Å². The summed E-state index contributed by atoms with van der Waals surface area (Å²) in [6, 6.07) is 0. The molecule has 0 heterocycles. The summed E-state index contributed by atoms with van der Waals surface area (Å²) in [6.45, 7) is 3.65. The van der Waals surface area contributed by atoms with Crippen molar-refractivity contribution in [2.45, 2.75) is 122 Å². The molecule has 0 aliphatic heterocycles. The Hall–Kier alpha value is -0.620. The Bertz CT molecular complexity index is 451. The molecule has 0 aromatic heterocycles. The van der Waals surface area contributed by atoms with Crippen LogP contribution >= 0.6 is 0 Å². The summed E-state index contributed by atoms with van der Waals surface area (Å²) in [5.74, 6) is -0.662. The molecule has 1 unspecified atom stereocenters. The predicted octanol–water partition coefficient (Wildman–Crippen LogP) is 5.47. The van der Waals surface area contributed by atoms with Crippen LogP contribution in [0.1, 0.15) is 117 Å². The zero-order valence-corrected chi connectivity index (χ0v) is 18.5. The van der Waals surface area contributed by atoms with Crippen molar-refractivity contribution in [3.05, 3.63) is 0 Å². The third-order valence-corrected chi connectivity index (χ3v) is 6.61. The molecule has 0 aliphatic rings. The summed E-state index contributed by atoms with van der Waals surface area (Å²) in [4.78, 5) is 11.6. The van der Waals surface area contributed by atoms with Crippen LogP contribution in [-0.2, 0) is 19.1 Å². The van der Waals surface area contributed by atoms with E-state index in [0.29, 0.717) is 6.42 Å². The Kier molecular flexibility index (Phi) is 17.1. The van der Waals surface area contributed by atoms with Crippen LogP contribution in [0.15, 0.2) is 0 Å². The Balaban J connectivity index is 3.37. The highest BCUT2D eigenvalue weighted by Crippen LogP contribution is 2.14. The summed E-state index contributed by atoms with van der Waals surface area (Å²) in [7, 11) is -3.85. The first-order valence-electron chi connectivity index (χ1n) is 11.1. The van der Waals surface area contributed by atoms with Gasteiger partial charge < -0.3 is 9.92 Å². The van der Waals surface area contributed by atoms with Gasteiger partial charge in [-0.1, -0.05) is 96.8 Å².